The number of sulfonamides is 1. The monoisotopic (exact) mass is 626 g/mol. The van der Waals surface area contributed by atoms with Crippen LogP contribution in [0.3, 0.4) is 0 Å². The molecule has 0 radical (unpaired) electrons. The standard InChI is InChI=1S/C34H31FN4O5S/c1-18-10-12-20(13-11-18)33-30(34(40)36-3)23-15-22(27(17-28(23)44-33)39(4)45(6,41)42)31-19(2)14-29(43-5)32(38-31)26-16-21-24(35)8-7-9-25(21)37-26/h7-17,37H,1-6H3,(H,36,40). The zero-order chi connectivity index (χ0) is 32.2. The number of hydrogen-bond donors (Lipinski definition) is 2. The van der Waals surface area contributed by atoms with Crippen molar-refractivity contribution in [3.8, 4) is 39.7 Å². The molecule has 2 N–H and O–H groups in total. The fourth-order valence-electron chi connectivity index (χ4n) is 5.48. The van der Waals surface area contributed by atoms with Gasteiger partial charge in [0.05, 0.1) is 36.0 Å². The van der Waals surface area contributed by atoms with Gasteiger partial charge in [0, 0.05) is 47.6 Å². The molecule has 0 saturated carbocycles. The number of benzene rings is 3. The Morgan fingerprint density at radius 2 is 1.76 bits per heavy atom. The van der Waals surface area contributed by atoms with E-state index in [0.29, 0.717) is 78.4 Å². The van der Waals surface area contributed by atoms with E-state index >= 15 is 0 Å². The third kappa shape index (κ3) is 5.18. The minimum Gasteiger partial charge on any atom is -0.494 e. The molecule has 3 heterocycles. The highest BCUT2D eigenvalue weighted by Crippen LogP contribution is 2.43. The number of aryl methyl sites for hydroxylation is 2. The van der Waals surface area contributed by atoms with Crippen LogP contribution in [-0.4, -0.2) is 51.8 Å². The zero-order valence-electron chi connectivity index (χ0n) is 25.6. The number of H-pyrrole nitrogens is 1. The molecule has 1 amide bonds. The van der Waals surface area contributed by atoms with Crippen LogP contribution >= 0.6 is 0 Å². The van der Waals surface area contributed by atoms with Crippen LogP contribution in [0.1, 0.15) is 21.5 Å². The van der Waals surface area contributed by atoms with Crippen LogP contribution in [0.25, 0.3) is 55.8 Å². The van der Waals surface area contributed by atoms with Gasteiger partial charge in [-0.15, -0.1) is 0 Å². The molecule has 6 aromatic rings. The fourth-order valence-corrected chi connectivity index (χ4v) is 5.98. The van der Waals surface area contributed by atoms with Crippen LogP contribution in [-0.2, 0) is 10.0 Å². The molecule has 0 unspecified atom stereocenters. The number of furan rings is 1. The van der Waals surface area contributed by atoms with E-state index in [9.17, 15) is 17.6 Å². The number of hydrogen-bond acceptors (Lipinski definition) is 6. The number of halogens is 1. The van der Waals surface area contributed by atoms with Gasteiger partial charge in [-0.3, -0.25) is 9.10 Å². The van der Waals surface area contributed by atoms with Crippen molar-refractivity contribution >= 4 is 43.5 Å². The number of amides is 1. The summed E-state index contributed by atoms with van der Waals surface area (Å²) in [4.78, 5) is 21.5. The van der Waals surface area contributed by atoms with Crippen molar-refractivity contribution in [3.63, 3.8) is 0 Å². The van der Waals surface area contributed by atoms with Gasteiger partial charge in [-0.2, -0.15) is 0 Å². The van der Waals surface area contributed by atoms with Gasteiger partial charge in [0.1, 0.15) is 28.6 Å². The predicted octanol–water partition coefficient (Wildman–Crippen LogP) is 6.83. The molecule has 0 aliphatic rings. The molecule has 45 heavy (non-hydrogen) atoms. The number of pyridine rings is 1. The summed E-state index contributed by atoms with van der Waals surface area (Å²) < 4.78 is 53.5. The number of aromatic amines is 1. The van der Waals surface area contributed by atoms with E-state index in [1.165, 1.54) is 27.3 Å². The number of fused-ring (bicyclic) bond motifs is 2. The lowest BCUT2D eigenvalue weighted by Gasteiger charge is -2.22. The second kappa shape index (κ2) is 11.1. The smallest absolute Gasteiger partial charge is 0.255 e. The summed E-state index contributed by atoms with van der Waals surface area (Å²) in [6.45, 7) is 3.80. The Morgan fingerprint density at radius 3 is 2.40 bits per heavy atom. The van der Waals surface area contributed by atoms with Crippen LogP contribution in [0.2, 0.25) is 0 Å². The number of nitrogens with one attached hydrogen (secondary N) is 2. The van der Waals surface area contributed by atoms with Crippen molar-refractivity contribution in [2.45, 2.75) is 13.8 Å². The molecule has 0 spiro atoms. The maximum absolute atomic E-state index is 14.6. The molecule has 3 aromatic carbocycles. The Hall–Kier alpha value is -5.16. The summed E-state index contributed by atoms with van der Waals surface area (Å²) in [5.41, 5.74) is 5.76. The minimum atomic E-state index is -3.73. The first-order valence-electron chi connectivity index (χ1n) is 14.1. The summed E-state index contributed by atoms with van der Waals surface area (Å²) in [6.07, 6.45) is 1.11. The molecular formula is C34H31FN4O5S. The van der Waals surface area contributed by atoms with Gasteiger partial charge in [-0.1, -0.05) is 35.9 Å². The Morgan fingerprint density at radius 1 is 1.02 bits per heavy atom. The predicted molar refractivity (Wildman–Crippen MR) is 175 cm³/mol. The summed E-state index contributed by atoms with van der Waals surface area (Å²) in [5.74, 6) is 0.0579. The highest BCUT2D eigenvalue weighted by Gasteiger charge is 2.27. The number of methoxy groups -OCH3 is 1. The number of rotatable bonds is 7. The summed E-state index contributed by atoms with van der Waals surface area (Å²) >= 11 is 0. The second-order valence-electron chi connectivity index (χ2n) is 10.9. The largest absolute Gasteiger partial charge is 0.494 e. The number of carbonyl (C=O) groups excluding carboxylic acids is 1. The molecule has 0 fully saturated rings. The molecule has 0 saturated heterocycles. The SMILES string of the molecule is CNC(=O)c1c(-c2ccc(C)cc2)oc2cc(N(C)S(C)(=O)=O)c(-c3nc(-c4cc5c(F)cccc5[nH]4)c(OC)cc3C)cc12. The van der Waals surface area contributed by atoms with E-state index < -0.39 is 10.0 Å². The van der Waals surface area contributed by atoms with Crippen molar-refractivity contribution in [2.24, 2.45) is 0 Å². The second-order valence-corrected chi connectivity index (χ2v) is 12.9. The van der Waals surface area contributed by atoms with Crippen molar-refractivity contribution in [2.75, 3.05) is 31.8 Å². The average Bonchev–Trinajstić information content (AvgIpc) is 3.62. The highest BCUT2D eigenvalue weighted by molar-refractivity contribution is 7.92. The maximum Gasteiger partial charge on any atom is 0.255 e. The first kappa shape index (κ1) is 29.9. The molecule has 0 aliphatic heterocycles. The lowest BCUT2D eigenvalue weighted by Crippen LogP contribution is -2.25. The van der Waals surface area contributed by atoms with Crippen molar-refractivity contribution < 1.29 is 26.8 Å². The Bertz CT molecular complexity index is 2240. The van der Waals surface area contributed by atoms with Gasteiger partial charge < -0.3 is 19.5 Å². The first-order chi connectivity index (χ1) is 21.4. The van der Waals surface area contributed by atoms with Crippen LogP contribution < -0.4 is 14.4 Å². The molecule has 6 rings (SSSR count). The Balaban J connectivity index is 1.67. The quantitative estimate of drug-likeness (QED) is 0.201. The topological polar surface area (TPSA) is 118 Å². The first-order valence-corrected chi connectivity index (χ1v) is 15.9. The van der Waals surface area contributed by atoms with Gasteiger partial charge in [0.25, 0.3) is 5.91 Å². The van der Waals surface area contributed by atoms with Crippen molar-refractivity contribution in [3.05, 3.63) is 89.2 Å². The summed E-state index contributed by atoms with van der Waals surface area (Å²) in [7, 11) is 0.772. The van der Waals surface area contributed by atoms with Crippen LogP contribution in [0.4, 0.5) is 10.1 Å². The van der Waals surface area contributed by atoms with Crippen LogP contribution in [0.15, 0.2) is 71.1 Å². The Labute approximate surface area is 259 Å². The summed E-state index contributed by atoms with van der Waals surface area (Å²) in [5, 5.41) is 3.59. The minimum absolute atomic E-state index is 0.298. The lowest BCUT2D eigenvalue weighted by atomic mass is 9.98. The number of carbonyl (C=O) groups is 1. The number of nitrogens with zero attached hydrogens (tertiary/aromatic N) is 2. The number of ether oxygens (including phenoxy) is 1. The van der Waals surface area contributed by atoms with E-state index in [1.54, 1.807) is 36.4 Å². The Kier molecular flexibility index (Phi) is 7.36. The molecule has 230 valence electrons. The third-order valence-electron chi connectivity index (χ3n) is 7.93. The lowest BCUT2D eigenvalue weighted by molar-refractivity contribution is 0.0964. The van der Waals surface area contributed by atoms with Crippen molar-refractivity contribution in [1.29, 1.82) is 0 Å². The normalized spacial score (nSPS) is 11.7. The molecule has 0 bridgehead atoms. The van der Waals surface area contributed by atoms with Crippen LogP contribution in [0, 0.1) is 19.7 Å². The van der Waals surface area contributed by atoms with E-state index in [0.717, 1.165) is 16.1 Å². The molecule has 0 aliphatic carbocycles. The molecule has 0 atom stereocenters. The fraction of sp³-hybridized carbons (Fsp3) is 0.176. The molecular weight excluding hydrogens is 595 g/mol. The third-order valence-corrected chi connectivity index (χ3v) is 9.12. The van der Waals surface area contributed by atoms with E-state index in [-0.39, 0.29) is 11.7 Å². The highest BCUT2D eigenvalue weighted by atomic mass is 32.2. The van der Waals surface area contributed by atoms with E-state index in [2.05, 4.69) is 10.3 Å². The van der Waals surface area contributed by atoms with E-state index in [4.69, 9.17) is 14.1 Å². The average molecular weight is 627 g/mol. The zero-order valence-corrected chi connectivity index (χ0v) is 26.4. The number of anilines is 1. The van der Waals surface area contributed by atoms with Gasteiger partial charge in [0.15, 0.2) is 0 Å². The van der Waals surface area contributed by atoms with Crippen LogP contribution in [0.5, 0.6) is 5.75 Å². The van der Waals surface area contributed by atoms with Gasteiger partial charge in [-0.05, 0) is 49.7 Å². The van der Waals surface area contributed by atoms with E-state index in [1.807, 2.05) is 38.1 Å². The maximum atomic E-state index is 14.6. The van der Waals surface area contributed by atoms with Gasteiger partial charge in [-0.25, -0.2) is 17.8 Å². The molecule has 11 heteroatoms. The number of aromatic nitrogens is 2. The van der Waals surface area contributed by atoms with Crippen molar-refractivity contribution in [1.82, 2.24) is 15.3 Å². The molecule has 3 aromatic heterocycles. The summed E-state index contributed by atoms with van der Waals surface area (Å²) in [6, 6.07) is 19.1. The van der Waals surface area contributed by atoms with Gasteiger partial charge >= 0.3 is 0 Å². The van der Waals surface area contributed by atoms with Gasteiger partial charge in [0.2, 0.25) is 10.0 Å². The molecule has 9 nitrogen and oxygen atoms in total.